The molecule has 0 atom stereocenters. The lowest BCUT2D eigenvalue weighted by molar-refractivity contribution is -0.118. The summed E-state index contributed by atoms with van der Waals surface area (Å²) in [4.78, 5) is 34.1. The maximum absolute atomic E-state index is 12.3. The summed E-state index contributed by atoms with van der Waals surface area (Å²) in [5.41, 5.74) is 3.96. The van der Waals surface area contributed by atoms with E-state index in [1.165, 1.54) is 0 Å². The predicted octanol–water partition coefficient (Wildman–Crippen LogP) is 3.45. The van der Waals surface area contributed by atoms with Gasteiger partial charge in [0.1, 0.15) is 0 Å². The summed E-state index contributed by atoms with van der Waals surface area (Å²) in [5, 5.41) is 2.88. The third-order valence-corrected chi connectivity index (χ3v) is 4.43. The molecule has 0 radical (unpaired) electrons. The van der Waals surface area contributed by atoms with E-state index in [-0.39, 0.29) is 11.8 Å². The van der Waals surface area contributed by atoms with Crippen LogP contribution in [0.2, 0.25) is 0 Å². The first kappa shape index (κ1) is 19.2. The molecule has 0 bridgehead atoms. The highest BCUT2D eigenvalue weighted by Crippen LogP contribution is 2.21. The summed E-state index contributed by atoms with van der Waals surface area (Å²) in [5.74, 6) is -0.102. The van der Waals surface area contributed by atoms with Crippen LogP contribution in [0, 0.1) is 0 Å². The highest BCUT2D eigenvalue weighted by Gasteiger charge is 2.10. The van der Waals surface area contributed by atoms with Crippen LogP contribution in [-0.2, 0) is 11.3 Å². The van der Waals surface area contributed by atoms with Gasteiger partial charge in [-0.15, -0.1) is 0 Å². The Morgan fingerprint density at radius 1 is 1.04 bits per heavy atom. The Balaban J connectivity index is 1.65. The molecule has 2 heterocycles. The van der Waals surface area contributed by atoms with Crippen molar-refractivity contribution in [2.45, 2.75) is 19.9 Å². The summed E-state index contributed by atoms with van der Waals surface area (Å²) in [6, 6.07) is 14.8. The third-order valence-electron chi connectivity index (χ3n) is 4.43. The van der Waals surface area contributed by atoms with Gasteiger partial charge >= 0.3 is 0 Å². The number of anilines is 1. The number of benzene rings is 1. The molecule has 0 spiro atoms. The Morgan fingerprint density at radius 2 is 1.82 bits per heavy atom. The van der Waals surface area contributed by atoms with E-state index >= 15 is 0 Å². The molecule has 6 nitrogen and oxygen atoms in total. The van der Waals surface area contributed by atoms with Crippen molar-refractivity contribution in [2.24, 2.45) is 0 Å². The number of pyridine rings is 2. The molecule has 1 N–H and O–H groups in total. The molecule has 142 valence electrons. The van der Waals surface area contributed by atoms with Crippen molar-refractivity contribution in [2.75, 3.05) is 11.9 Å². The van der Waals surface area contributed by atoms with Crippen molar-refractivity contribution in [1.82, 2.24) is 15.3 Å². The van der Waals surface area contributed by atoms with E-state index < -0.39 is 0 Å². The van der Waals surface area contributed by atoms with E-state index in [0.717, 1.165) is 22.5 Å². The molecule has 0 unspecified atom stereocenters. The van der Waals surface area contributed by atoms with Crippen molar-refractivity contribution in [3.8, 4) is 11.3 Å². The van der Waals surface area contributed by atoms with Crippen LogP contribution >= 0.6 is 0 Å². The predicted molar refractivity (Wildman–Crippen MR) is 109 cm³/mol. The maximum atomic E-state index is 12.3. The van der Waals surface area contributed by atoms with Crippen LogP contribution in [0.25, 0.3) is 11.3 Å². The molecule has 3 aromatic rings. The number of aromatic nitrogens is 2. The van der Waals surface area contributed by atoms with Gasteiger partial charge in [-0.25, -0.2) is 0 Å². The van der Waals surface area contributed by atoms with Crippen LogP contribution in [0.3, 0.4) is 0 Å². The minimum absolute atomic E-state index is 0.0381. The lowest BCUT2D eigenvalue weighted by Gasteiger charge is -2.16. The van der Waals surface area contributed by atoms with Crippen molar-refractivity contribution < 1.29 is 9.59 Å². The highest BCUT2D eigenvalue weighted by atomic mass is 16.2. The van der Waals surface area contributed by atoms with Gasteiger partial charge in [0.05, 0.1) is 17.6 Å². The number of carbonyl (C=O) groups excluding carboxylic acids is 2. The first-order chi connectivity index (χ1) is 13.6. The van der Waals surface area contributed by atoms with Gasteiger partial charge in [-0.2, -0.15) is 0 Å². The molecule has 0 aliphatic carbocycles. The quantitative estimate of drug-likeness (QED) is 0.717. The largest absolute Gasteiger partial charge is 0.348 e. The average molecular weight is 374 g/mol. The number of hydrogen-bond donors (Lipinski definition) is 1. The number of rotatable bonds is 6. The maximum Gasteiger partial charge on any atom is 0.251 e. The fraction of sp³-hybridized carbons (Fsp3) is 0.182. The van der Waals surface area contributed by atoms with E-state index in [9.17, 15) is 9.59 Å². The van der Waals surface area contributed by atoms with Gasteiger partial charge in [0, 0.05) is 43.5 Å². The molecular weight excluding hydrogens is 352 g/mol. The number of nitrogens with zero attached hydrogens (tertiary/aromatic N) is 3. The second-order valence-electron chi connectivity index (χ2n) is 6.33. The molecule has 0 aliphatic rings. The number of nitrogens with one attached hydrogen (secondary N) is 1. The molecule has 2 aromatic heterocycles. The first-order valence-electron chi connectivity index (χ1n) is 9.08. The second-order valence-corrected chi connectivity index (χ2v) is 6.33. The van der Waals surface area contributed by atoms with Crippen LogP contribution in [0.4, 0.5) is 5.69 Å². The summed E-state index contributed by atoms with van der Waals surface area (Å²) in [6.07, 6.45) is 5.55. The van der Waals surface area contributed by atoms with E-state index in [2.05, 4.69) is 15.3 Å². The van der Waals surface area contributed by atoms with Crippen molar-refractivity contribution in [3.05, 3.63) is 78.2 Å². The first-order valence-corrected chi connectivity index (χ1v) is 9.08. The van der Waals surface area contributed by atoms with Gasteiger partial charge in [0.25, 0.3) is 5.91 Å². The molecule has 28 heavy (non-hydrogen) atoms. The van der Waals surface area contributed by atoms with Gasteiger partial charge in [-0.1, -0.05) is 25.1 Å². The average Bonchev–Trinajstić information content (AvgIpc) is 2.77. The summed E-state index contributed by atoms with van der Waals surface area (Å²) in [7, 11) is 1.74. The molecule has 3 rings (SSSR count). The van der Waals surface area contributed by atoms with Crippen LogP contribution in [0.5, 0.6) is 0 Å². The van der Waals surface area contributed by atoms with Gasteiger partial charge in [-0.3, -0.25) is 19.6 Å². The molecular formula is C22H22N4O2. The monoisotopic (exact) mass is 374 g/mol. The minimum Gasteiger partial charge on any atom is -0.348 e. The highest BCUT2D eigenvalue weighted by molar-refractivity contribution is 5.94. The van der Waals surface area contributed by atoms with E-state index in [1.54, 1.807) is 42.7 Å². The van der Waals surface area contributed by atoms with Crippen molar-refractivity contribution in [1.29, 1.82) is 0 Å². The molecule has 0 aliphatic heterocycles. The van der Waals surface area contributed by atoms with Gasteiger partial charge < -0.3 is 10.2 Å². The Morgan fingerprint density at radius 3 is 2.43 bits per heavy atom. The zero-order valence-electron chi connectivity index (χ0n) is 15.9. The van der Waals surface area contributed by atoms with Crippen LogP contribution < -0.4 is 10.2 Å². The van der Waals surface area contributed by atoms with Gasteiger partial charge in [0.15, 0.2) is 0 Å². The number of amides is 2. The van der Waals surface area contributed by atoms with Gasteiger partial charge in [0.2, 0.25) is 5.91 Å². The fourth-order valence-corrected chi connectivity index (χ4v) is 2.72. The number of carbonyl (C=O) groups is 2. The topological polar surface area (TPSA) is 75.2 Å². The zero-order valence-corrected chi connectivity index (χ0v) is 15.9. The Hall–Kier alpha value is -3.54. The smallest absolute Gasteiger partial charge is 0.251 e. The Kier molecular flexibility index (Phi) is 6.11. The molecule has 0 saturated heterocycles. The normalized spacial score (nSPS) is 10.4. The number of hydrogen-bond acceptors (Lipinski definition) is 4. The molecule has 6 heteroatoms. The molecule has 1 aromatic carbocycles. The van der Waals surface area contributed by atoms with Crippen LogP contribution in [-0.4, -0.2) is 28.8 Å². The van der Waals surface area contributed by atoms with Crippen molar-refractivity contribution in [3.63, 3.8) is 0 Å². The van der Waals surface area contributed by atoms with Crippen molar-refractivity contribution >= 4 is 17.5 Å². The molecule has 0 saturated carbocycles. The lowest BCUT2D eigenvalue weighted by atomic mass is 10.1. The van der Waals surface area contributed by atoms with Gasteiger partial charge in [-0.05, 0) is 35.9 Å². The van der Waals surface area contributed by atoms with Crippen LogP contribution in [0.15, 0.2) is 67.1 Å². The fourth-order valence-electron chi connectivity index (χ4n) is 2.72. The second kappa shape index (κ2) is 8.90. The van der Waals surface area contributed by atoms with E-state index in [4.69, 9.17) is 0 Å². The Bertz CT molecular complexity index is 939. The summed E-state index contributed by atoms with van der Waals surface area (Å²) >= 11 is 0. The molecule has 2 amide bonds. The Labute approximate surface area is 164 Å². The van der Waals surface area contributed by atoms with Crippen LogP contribution in [0.1, 0.15) is 29.3 Å². The van der Waals surface area contributed by atoms with E-state index in [0.29, 0.717) is 18.5 Å². The van der Waals surface area contributed by atoms with E-state index in [1.807, 2.05) is 43.3 Å². The molecule has 0 fully saturated rings. The zero-order chi connectivity index (χ0) is 19.9. The standard InChI is InChI=1S/C22H22N4O2/c1-3-21(27)26(2)19-10-11-20(24-15-19)17-6-8-18(9-7-17)22(28)25-14-16-5-4-12-23-13-16/h4-13,15H,3,14H2,1-2H3,(H,25,28). The summed E-state index contributed by atoms with van der Waals surface area (Å²) in [6.45, 7) is 2.26. The minimum atomic E-state index is -0.140. The summed E-state index contributed by atoms with van der Waals surface area (Å²) < 4.78 is 0. The lowest BCUT2D eigenvalue weighted by Crippen LogP contribution is -2.25. The SMILES string of the molecule is CCC(=O)N(C)c1ccc(-c2ccc(C(=O)NCc3cccnc3)cc2)nc1. The third kappa shape index (κ3) is 4.59.